The average Bonchev–Trinajstić information content (AvgIpc) is 2.36. The van der Waals surface area contributed by atoms with E-state index >= 15 is 0 Å². The highest BCUT2D eigenvalue weighted by atomic mass is 32.2. The van der Waals surface area contributed by atoms with Crippen molar-refractivity contribution in [2.75, 3.05) is 37.7 Å². The van der Waals surface area contributed by atoms with E-state index < -0.39 is 0 Å². The van der Waals surface area contributed by atoms with Gasteiger partial charge in [-0.3, -0.25) is 4.90 Å². The van der Waals surface area contributed by atoms with E-state index in [1.165, 1.54) is 50.5 Å². The van der Waals surface area contributed by atoms with Crippen LogP contribution in [0.5, 0.6) is 0 Å². The number of piperidine rings is 1. The van der Waals surface area contributed by atoms with Crippen molar-refractivity contribution in [3.8, 4) is 0 Å². The standard InChI is InChI=1S/C13H26N2S2/c1-11-12(2)16-9-7-15(11)8-10-17-13-3-5-14-6-4-13/h11-14H,3-10H2,1-2H3. The molecular weight excluding hydrogens is 248 g/mol. The van der Waals surface area contributed by atoms with Crippen molar-refractivity contribution in [1.29, 1.82) is 0 Å². The van der Waals surface area contributed by atoms with Gasteiger partial charge in [0.15, 0.2) is 0 Å². The van der Waals surface area contributed by atoms with E-state index in [2.05, 4.69) is 47.6 Å². The summed E-state index contributed by atoms with van der Waals surface area (Å²) >= 11 is 4.34. The molecule has 2 fully saturated rings. The molecule has 2 saturated heterocycles. The quantitative estimate of drug-likeness (QED) is 0.846. The molecule has 0 aromatic rings. The van der Waals surface area contributed by atoms with Crippen LogP contribution < -0.4 is 5.32 Å². The Morgan fingerprint density at radius 2 is 2.06 bits per heavy atom. The predicted molar refractivity (Wildman–Crippen MR) is 81.3 cm³/mol. The monoisotopic (exact) mass is 274 g/mol. The van der Waals surface area contributed by atoms with E-state index in [-0.39, 0.29) is 0 Å². The van der Waals surface area contributed by atoms with Crippen molar-refractivity contribution in [1.82, 2.24) is 10.2 Å². The maximum absolute atomic E-state index is 3.44. The smallest absolute Gasteiger partial charge is 0.0184 e. The fraction of sp³-hybridized carbons (Fsp3) is 1.00. The van der Waals surface area contributed by atoms with Crippen LogP contribution >= 0.6 is 23.5 Å². The third kappa shape index (κ3) is 4.34. The summed E-state index contributed by atoms with van der Waals surface area (Å²) in [5.41, 5.74) is 0. The SMILES string of the molecule is CC1SCCN(CCSC2CCNCC2)C1C. The van der Waals surface area contributed by atoms with Gasteiger partial charge in [-0.05, 0) is 32.9 Å². The number of nitrogens with one attached hydrogen (secondary N) is 1. The highest BCUT2D eigenvalue weighted by Gasteiger charge is 2.24. The summed E-state index contributed by atoms with van der Waals surface area (Å²) < 4.78 is 0. The molecule has 0 spiro atoms. The molecule has 2 rings (SSSR count). The van der Waals surface area contributed by atoms with E-state index in [4.69, 9.17) is 0 Å². The van der Waals surface area contributed by atoms with E-state index in [1.54, 1.807) is 0 Å². The van der Waals surface area contributed by atoms with Gasteiger partial charge in [0.25, 0.3) is 0 Å². The van der Waals surface area contributed by atoms with Gasteiger partial charge in [0.2, 0.25) is 0 Å². The molecular formula is C13H26N2S2. The fourth-order valence-electron chi connectivity index (χ4n) is 2.61. The summed E-state index contributed by atoms with van der Waals surface area (Å²) in [5.74, 6) is 2.65. The minimum atomic E-state index is 0.766. The number of thioether (sulfide) groups is 2. The molecule has 2 atom stereocenters. The number of hydrogen-bond acceptors (Lipinski definition) is 4. The summed E-state index contributed by atoms with van der Waals surface area (Å²) in [7, 11) is 0. The summed E-state index contributed by atoms with van der Waals surface area (Å²) in [4.78, 5) is 2.69. The molecule has 0 radical (unpaired) electrons. The molecule has 0 saturated carbocycles. The van der Waals surface area contributed by atoms with E-state index in [0.717, 1.165) is 16.5 Å². The minimum Gasteiger partial charge on any atom is -0.317 e. The molecule has 0 bridgehead atoms. The Hall–Kier alpha value is 0.620. The normalized spacial score (nSPS) is 32.8. The molecule has 2 unspecified atom stereocenters. The van der Waals surface area contributed by atoms with Gasteiger partial charge in [-0.1, -0.05) is 6.92 Å². The molecule has 2 aliphatic heterocycles. The van der Waals surface area contributed by atoms with Gasteiger partial charge in [-0.2, -0.15) is 23.5 Å². The Labute approximate surface area is 115 Å². The van der Waals surface area contributed by atoms with Crippen LogP contribution in [0, 0.1) is 0 Å². The summed E-state index contributed by atoms with van der Waals surface area (Å²) in [6.07, 6.45) is 2.74. The first-order valence-corrected chi connectivity index (χ1v) is 9.05. The molecule has 17 heavy (non-hydrogen) atoms. The summed E-state index contributed by atoms with van der Waals surface area (Å²) in [6.45, 7) is 9.81. The number of nitrogens with zero attached hydrogens (tertiary/aromatic N) is 1. The second-order valence-corrected chi connectivity index (χ2v) is 8.07. The summed E-state index contributed by atoms with van der Waals surface area (Å²) in [6, 6.07) is 0.766. The minimum absolute atomic E-state index is 0.766. The van der Waals surface area contributed by atoms with Crippen LogP contribution in [-0.4, -0.2) is 59.1 Å². The van der Waals surface area contributed by atoms with Gasteiger partial charge in [0.1, 0.15) is 0 Å². The summed E-state index contributed by atoms with van der Waals surface area (Å²) in [5, 5.41) is 5.17. The first-order valence-electron chi connectivity index (χ1n) is 6.95. The zero-order valence-electron chi connectivity index (χ0n) is 11.2. The van der Waals surface area contributed by atoms with Gasteiger partial charge in [-0.15, -0.1) is 0 Å². The first kappa shape index (κ1) is 14.0. The Kier molecular flexibility index (Phi) is 6.00. The Morgan fingerprint density at radius 3 is 2.82 bits per heavy atom. The van der Waals surface area contributed by atoms with Crippen molar-refractivity contribution < 1.29 is 0 Å². The van der Waals surface area contributed by atoms with Crippen molar-refractivity contribution in [2.45, 2.75) is 43.2 Å². The molecule has 2 nitrogen and oxygen atoms in total. The van der Waals surface area contributed by atoms with Crippen molar-refractivity contribution in [2.24, 2.45) is 0 Å². The van der Waals surface area contributed by atoms with Gasteiger partial charge in [0.05, 0.1) is 0 Å². The predicted octanol–water partition coefficient (Wildman–Crippen LogP) is 2.30. The molecule has 2 aliphatic rings. The highest BCUT2D eigenvalue weighted by molar-refractivity contribution is 8.00. The van der Waals surface area contributed by atoms with Crippen LogP contribution in [0.25, 0.3) is 0 Å². The molecule has 0 amide bonds. The van der Waals surface area contributed by atoms with Crippen LogP contribution in [0.2, 0.25) is 0 Å². The van der Waals surface area contributed by atoms with Gasteiger partial charge >= 0.3 is 0 Å². The largest absolute Gasteiger partial charge is 0.317 e. The van der Waals surface area contributed by atoms with E-state index in [1.807, 2.05) is 0 Å². The highest BCUT2D eigenvalue weighted by Crippen LogP contribution is 2.25. The third-order valence-corrected chi connectivity index (χ3v) is 6.73. The maximum Gasteiger partial charge on any atom is 0.0184 e. The average molecular weight is 274 g/mol. The van der Waals surface area contributed by atoms with Gasteiger partial charge < -0.3 is 5.32 Å². The topological polar surface area (TPSA) is 15.3 Å². The van der Waals surface area contributed by atoms with Gasteiger partial charge in [0, 0.05) is 41.1 Å². The fourth-order valence-corrected chi connectivity index (χ4v) is 5.01. The van der Waals surface area contributed by atoms with Gasteiger partial charge in [-0.25, -0.2) is 0 Å². The maximum atomic E-state index is 3.44. The van der Waals surface area contributed by atoms with Crippen molar-refractivity contribution >= 4 is 23.5 Å². The van der Waals surface area contributed by atoms with E-state index in [9.17, 15) is 0 Å². The second kappa shape index (κ2) is 7.27. The van der Waals surface area contributed by atoms with Crippen molar-refractivity contribution in [3.63, 3.8) is 0 Å². The molecule has 4 heteroatoms. The zero-order valence-corrected chi connectivity index (χ0v) is 12.8. The van der Waals surface area contributed by atoms with Crippen LogP contribution in [0.4, 0.5) is 0 Å². The van der Waals surface area contributed by atoms with Crippen LogP contribution in [0.1, 0.15) is 26.7 Å². The van der Waals surface area contributed by atoms with Crippen LogP contribution in [0.3, 0.4) is 0 Å². The molecule has 0 aliphatic carbocycles. The molecule has 1 N–H and O–H groups in total. The molecule has 0 aromatic heterocycles. The molecule has 0 aromatic carbocycles. The lowest BCUT2D eigenvalue weighted by molar-refractivity contribution is 0.226. The van der Waals surface area contributed by atoms with Crippen LogP contribution in [-0.2, 0) is 0 Å². The third-order valence-electron chi connectivity index (χ3n) is 4.03. The second-order valence-electron chi connectivity index (χ2n) is 5.17. The number of rotatable bonds is 4. The molecule has 100 valence electrons. The Bertz CT molecular complexity index is 219. The molecule has 2 heterocycles. The lowest BCUT2D eigenvalue weighted by Crippen LogP contribution is -2.45. The zero-order chi connectivity index (χ0) is 12.1. The lowest BCUT2D eigenvalue weighted by Gasteiger charge is -2.37. The first-order chi connectivity index (χ1) is 8.27. The Balaban J connectivity index is 1.63. The Morgan fingerprint density at radius 1 is 1.29 bits per heavy atom. The van der Waals surface area contributed by atoms with E-state index in [0.29, 0.717) is 0 Å². The van der Waals surface area contributed by atoms with Crippen molar-refractivity contribution in [3.05, 3.63) is 0 Å². The van der Waals surface area contributed by atoms with Crippen LogP contribution in [0.15, 0.2) is 0 Å². The number of hydrogen-bond donors (Lipinski definition) is 1. The lowest BCUT2D eigenvalue weighted by atomic mass is 10.2.